The normalized spacial score (nSPS) is 10.8. The summed E-state index contributed by atoms with van der Waals surface area (Å²) in [5.74, 6) is 1.61. The van der Waals surface area contributed by atoms with Gasteiger partial charge < -0.3 is 19.5 Å². The van der Waals surface area contributed by atoms with Crippen LogP contribution in [-0.2, 0) is 9.47 Å². The number of hydrogen-bond donors (Lipinski definition) is 1. The monoisotopic (exact) mass is 282 g/mol. The number of pyridine rings is 1. The Balaban J connectivity index is 2.18. The molecule has 0 spiro atoms. The Labute approximate surface area is 121 Å². The van der Waals surface area contributed by atoms with Crippen LogP contribution >= 0.6 is 0 Å². The van der Waals surface area contributed by atoms with Crippen LogP contribution in [0.4, 0.5) is 5.82 Å². The van der Waals surface area contributed by atoms with Crippen LogP contribution in [0, 0.1) is 0 Å². The fourth-order valence-corrected chi connectivity index (χ4v) is 1.65. The van der Waals surface area contributed by atoms with Crippen molar-refractivity contribution in [3.05, 3.63) is 18.3 Å². The largest absolute Gasteiger partial charge is 0.487 e. The van der Waals surface area contributed by atoms with E-state index < -0.39 is 0 Å². The molecule has 0 amide bonds. The SMILES string of the molecule is COCCOCCCCNc1ncccc1OC(C)C. The number of nitrogens with zero attached hydrogens (tertiary/aromatic N) is 1. The summed E-state index contributed by atoms with van der Waals surface area (Å²) in [7, 11) is 1.68. The topological polar surface area (TPSA) is 52.6 Å². The zero-order chi connectivity index (χ0) is 14.6. The van der Waals surface area contributed by atoms with Crippen molar-refractivity contribution < 1.29 is 14.2 Å². The summed E-state index contributed by atoms with van der Waals surface area (Å²) in [6.07, 6.45) is 3.96. The summed E-state index contributed by atoms with van der Waals surface area (Å²) < 4.78 is 16.0. The van der Waals surface area contributed by atoms with E-state index in [4.69, 9.17) is 14.2 Å². The van der Waals surface area contributed by atoms with Crippen molar-refractivity contribution in [1.82, 2.24) is 4.98 Å². The van der Waals surface area contributed by atoms with Crippen LogP contribution in [0.3, 0.4) is 0 Å². The van der Waals surface area contributed by atoms with Crippen molar-refractivity contribution in [2.24, 2.45) is 0 Å². The molecule has 5 nitrogen and oxygen atoms in total. The molecule has 0 bridgehead atoms. The second-order valence-electron chi connectivity index (χ2n) is 4.76. The van der Waals surface area contributed by atoms with Crippen molar-refractivity contribution in [2.75, 3.05) is 38.8 Å². The van der Waals surface area contributed by atoms with Crippen LogP contribution < -0.4 is 10.1 Å². The lowest BCUT2D eigenvalue weighted by molar-refractivity contribution is 0.0691. The standard InChI is InChI=1S/C15H26N2O3/c1-13(2)20-14-7-6-9-17-15(14)16-8-4-5-10-19-12-11-18-3/h6-7,9,13H,4-5,8,10-12H2,1-3H3,(H,16,17). The molecule has 0 atom stereocenters. The molecule has 1 aromatic heterocycles. The Hall–Kier alpha value is -1.33. The first-order valence-corrected chi connectivity index (χ1v) is 7.16. The second kappa shape index (κ2) is 10.5. The highest BCUT2D eigenvalue weighted by atomic mass is 16.5. The van der Waals surface area contributed by atoms with Gasteiger partial charge in [0.1, 0.15) is 0 Å². The molecular formula is C15H26N2O3. The Kier molecular flexibility index (Phi) is 8.74. The van der Waals surface area contributed by atoms with E-state index in [-0.39, 0.29) is 6.10 Å². The molecule has 1 rings (SSSR count). The molecule has 5 heteroatoms. The van der Waals surface area contributed by atoms with Gasteiger partial charge in [-0.3, -0.25) is 0 Å². The Morgan fingerprint density at radius 2 is 2.05 bits per heavy atom. The molecule has 0 aliphatic carbocycles. The molecular weight excluding hydrogens is 256 g/mol. The van der Waals surface area contributed by atoms with Crippen molar-refractivity contribution in [2.45, 2.75) is 32.8 Å². The zero-order valence-corrected chi connectivity index (χ0v) is 12.7. The van der Waals surface area contributed by atoms with Crippen LogP contribution in [0.25, 0.3) is 0 Å². The lowest BCUT2D eigenvalue weighted by Crippen LogP contribution is -2.11. The number of rotatable bonds is 11. The van der Waals surface area contributed by atoms with Crippen LogP contribution in [0.2, 0.25) is 0 Å². The zero-order valence-electron chi connectivity index (χ0n) is 12.7. The van der Waals surface area contributed by atoms with Gasteiger partial charge in [-0.2, -0.15) is 0 Å². The van der Waals surface area contributed by atoms with Crippen molar-refractivity contribution in [3.63, 3.8) is 0 Å². The maximum Gasteiger partial charge on any atom is 0.168 e. The summed E-state index contributed by atoms with van der Waals surface area (Å²) >= 11 is 0. The molecule has 0 radical (unpaired) electrons. The van der Waals surface area contributed by atoms with Gasteiger partial charge in [0.2, 0.25) is 0 Å². The Morgan fingerprint density at radius 3 is 2.80 bits per heavy atom. The smallest absolute Gasteiger partial charge is 0.168 e. The quantitative estimate of drug-likeness (QED) is 0.632. The molecule has 1 N–H and O–H groups in total. The molecule has 0 aromatic carbocycles. The highest BCUT2D eigenvalue weighted by Crippen LogP contribution is 2.21. The van der Waals surface area contributed by atoms with Gasteiger partial charge >= 0.3 is 0 Å². The van der Waals surface area contributed by atoms with E-state index in [1.165, 1.54) is 0 Å². The summed E-state index contributed by atoms with van der Waals surface area (Å²) in [6.45, 7) is 6.96. The summed E-state index contributed by atoms with van der Waals surface area (Å²) in [5, 5.41) is 3.30. The third-order valence-corrected chi connectivity index (χ3v) is 2.57. The maximum atomic E-state index is 5.70. The van der Waals surface area contributed by atoms with Gasteiger partial charge in [0.05, 0.1) is 19.3 Å². The van der Waals surface area contributed by atoms with Crippen LogP contribution in [0.15, 0.2) is 18.3 Å². The molecule has 20 heavy (non-hydrogen) atoms. The molecule has 0 fully saturated rings. The van der Waals surface area contributed by atoms with Crippen LogP contribution in [0.5, 0.6) is 5.75 Å². The third-order valence-electron chi connectivity index (χ3n) is 2.57. The minimum absolute atomic E-state index is 0.147. The molecule has 0 saturated carbocycles. The van der Waals surface area contributed by atoms with Crippen LogP contribution in [0.1, 0.15) is 26.7 Å². The number of hydrogen-bond acceptors (Lipinski definition) is 5. The molecule has 0 aliphatic heterocycles. The van der Waals surface area contributed by atoms with Gasteiger partial charge in [0.25, 0.3) is 0 Å². The van der Waals surface area contributed by atoms with Gasteiger partial charge in [-0.15, -0.1) is 0 Å². The number of anilines is 1. The highest BCUT2D eigenvalue weighted by molar-refractivity contribution is 5.49. The van der Waals surface area contributed by atoms with E-state index in [0.29, 0.717) is 13.2 Å². The summed E-state index contributed by atoms with van der Waals surface area (Å²) in [5.41, 5.74) is 0. The average molecular weight is 282 g/mol. The summed E-state index contributed by atoms with van der Waals surface area (Å²) in [6, 6.07) is 3.82. The van der Waals surface area contributed by atoms with Gasteiger partial charge in [-0.05, 0) is 38.8 Å². The fourth-order valence-electron chi connectivity index (χ4n) is 1.65. The molecule has 114 valence electrons. The van der Waals surface area contributed by atoms with E-state index in [9.17, 15) is 0 Å². The second-order valence-corrected chi connectivity index (χ2v) is 4.76. The molecule has 0 saturated heterocycles. The first-order chi connectivity index (χ1) is 9.74. The number of aromatic nitrogens is 1. The third kappa shape index (κ3) is 7.31. The Morgan fingerprint density at radius 1 is 1.20 bits per heavy atom. The minimum atomic E-state index is 0.147. The lowest BCUT2D eigenvalue weighted by atomic mass is 10.3. The number of methoxy groups -OCH3 is 1. The molecule has 1 heterocycles. The number of nitrogens with one attached hydrogen (secondary N) is 1. The average Bonchev–Trinajstić information content (AvgIpc) is 2.43. The molecule has 1 aromatic rings. The fraction of sp³-hybridized carbons (Fsp3) is 0.667. The van der Waals surface area contributed by atoms with Crippen molar-refractivity contribution in [1.29, 1.82) is 0 Å². The highest BCUT2D eigenvalue weighted by Gasteiger charge is 2.05. The van der Waals surface area contributed by atoms with Gasteiger partial charge in [-0.1, -0.05) is 0 Å². The predicted octanol–water partition coefficient (Wildman–Crippen LogP) is 2.72. The Bertz CT molecular complexity index is 359. The van der Waals surface area contributed by atoms with Gasteiger partial charge in [0, 0.05) is 26.5 Å². The van der Waals surface area contributed by atoms with E-state index in [1.54, 1.807) is 13.3 Å². The van der Waals surface area contributed by atoms with E-state index in [0.717, 1.165) is 37.6 Å². The van der Waals surface area contributed by atoms with E-state index in [2.05, 4.69) is 10.3 Å². The first kappa shape index (κ1) is 16.7. The van der Waals surface area contributed by atoms with Gasteiger partial charge in [0.15, 0.2) is 11.6 Å². The van der Waals surface area contributed by atoms with Crippen LogP contribution in [-0.4, -0.2) is 44.6 Å². The molecule has 0 aliphatic rings. The lowest BCUT2D eigenvalue weighted by Gasteiger charge is -2.14. The number of unbranched alkanes of at least 4 members (excludes halogenated alkanes) is 1. The minimum Gasteiger partial charge on any atom is -0.487 e. The molecule has 0 unspecified atom stereocenters. The van der Waals surface area contributed by atoms with Gasteiger partial charge in [-0.25, -0.2) is 4.98 Å². The maximum absolute atomic E-state index is 5.70. The first-order valence-electron chi connectivity index (χ1n) is 7.16. The van der Waals surface area contributed by atoms with Crippen molar-refractivity contribution in [3.8, 4) is 5.75 Å². The van der Waals surface area contributed by atoms with E-state index in [1.807, 2.05) is 26.0 Å². The summed E-state index contributed by atoms with van der Waals surface area (Å²) in [4.78, 5) is 4.31. The van der Waals surface area contributed by atoms with Crippen molar-refractivity contribution >= 4 is 5.82 Å². The predicted molar refractivity (Wildman–Crippen MR) is 80.4 cm³/mol. The number of ether oxygens (including phenoxy) is 3. The van der Waals surface area contributed by atoms with E-state index >= 15 is 0 Å².